The largest absolute Gasteiger partial charge is 0.497 e. The Balaban J connectivity index is 2.21. The molecule has 19 heavy (non-hydrogen) atoms. The second kappa shape index (κ2) is 5.66. The molecule has 1 aromatic carbocycles. The third-order valence-corrected chi connectivity index (χ3v) is 2.72. The lowest BCUT2D eigenvalue weighted by Gasteiger charge is -2.08. The molecule has 0 spiro atoms. The number of methoxy groups -OCH3 is 1. The number of aromatic carboxylic acids is 1. The zero-order valence-corrected chi connectivity index (χ0v) is 11.5. The third-order valence-electron chi connectivity index (χ3n) is 2.26. The van der Waals surface area contributed by atoms with Crippen LogP contribution in [0.2, 0.25) is 0 Å². The fraction of sp³-hybridized carbons (Fsp3) is 0.0833. The van der Waals surface area contributed by atoms with Crippen LogP contribution in [0.5, 0.6) is 5.75 Å². The topological polar surface area (TPSA) is 84.3 Å². The van der Waals surface area contributed by atoms with Gasteiger partial charge in [-0.25, -0.2) is 4.79 Å². The van der Waals surface area contributed by atoms with Gasteiger partial charge in [0.2, 0.25) is 0 Å². The summed E-state index contributed by atoms with van der Waals surface area (Å²) < 4.78 is 5.99. The number of nitrogens with one attached hydrogen (secondary N) is 1. The van der Waals surface area contributed by atoms with Gasteiger partial charge < -0.3 is 15.2 Å². The monoisotopic (exact) mass is 323 g/mol. The van der Waals surface area contributed by atoms with E-state index in [1.165, 1.54) is 6.07 Å². The first kappa shape index (κ1) is 13.3. The number of carbonyl (C=O) groups is 1. The maximum atomic E-state index is 10.7. The molecule has 0 bridgehead atoms. The molecule has 0 unspecified atom stereocenters. The Morgan fingerprint density at radius 2 is 2.11 bits per heavy atom. The molecule has 0 aliphatic rings. The minimum Gasteiger partial charge on any atom is -0.497 e. The summed E-state index contributed by atoms with van der Waals surface area (Å²) in [5.41, 5.74) is 0.654. The quantitative estimate of drug-likeness (QED) is 0.899. The van der Waals surface area contributed by atoms with Gasteiger partial charge in [-0.3, -0.25) is 0 Å². The van der Waals surface area contributed by atoms with E-state index < -0.39 is 5.97 Å². The standard InChI is InChI=1S/C12H10BrN3O3/c1-19-9-5-7(13)4-8(6-9)14-11-3-2-10(12(17)18)15-16-11/h2-6H,1H3,(H,14,16)(H,17,18). The van der Waals surface area contributed by atoms with Crippen LogP contribution in [0.15, 0.2) is 34.8 Å². The summed E-state index contributed by atoms with van der Waals surface area (Å²) in [5.74, 6) is 0.0281. The Morgan fingerprint density at radius 3 is 2.68 bits per heavy atom. The maximum absolute atomic E-state index is 10.7. The first-order valence-electron chi connectivity index (χ1n) is 5.27. The normalized spacial score (nSPS) is 10.0. The van der Waals surface area contributed by atoms with Gasteiger partial charge in [0.25, 0.3) is 0 Å². The van der Waals surface area contributed by atoms with Gasteiger partial charge in [0, 0.05) is 16.2 Å². The fourth-order valence-corrected chi connectivity index (χ4v) is 1.89. The van der Waals surface area contributed by atoms with E-state index in [1.54, 1.807) is 19.2 Å². The number of carboxylic acids is 1. The van der Waals surface area contributed by atoms with Crippen molar-refractivity contribution in [1.29, 1.82) is 0 Å². The zero-order chi connectivity index (χ0) is 13.8. The SMILES string of the molecule is COc1cc(Br)cc(Nc2ccc(C(=O)O)nn2)c1. The summed E-state index contributed by atoms with van der Waals surface area (Å²) in [6.45, 7) is 0. The van der Waals surface area contributed by atoms with Crippen LogP contribution in [-0.4, -0.2) is 28.4 Å². The molecule has 0 fully saturated rings. The molecule has 2 rings (SSSR count). The predicted octanol–water partition coefficient (Wildman–Crippen LogP) is 2.69. The number of benzene rings is 1. The minimum absolute atomic E-state index is 0.0997. The van der Waals surface area contributed by atoms with Crippen molar-refractivity contribution in [2.24, 2.45) is 0 Å². The highest BCUT2D eigenvalue weighted by Crippen LogP contribution is 2.26. The molecule has 0 atom stereocenters. The molecule has 1 aromatic heterocycles. The summed E-state index contributed by atoms with van der Waals surface area (Å²) in [6, 6.07) is 8.38. The summed E-state index contributed by atoms with van der Waals surface area (Å²) in [7, 11) is 1.58. The Kier molecular flexibility index (Phi) is 3.96. The highest BCUT2D eigenvalue weighted by molar-refractivity contribution is 9.10. The molecule has 1 heterocycles. The first-order chi connectivity index (χ1) is 9.08. The van der Waals surface area contributed by atoms with Crippen LogP contribution in [0.25, 0.3) is 0 Å². The van der Waals surface area contributed by atoms with Gasteiger partial charge in [-0.1, -0.05) is 15.9 Å². The van der Waals surface area contributed by atoms with Crippen molar-refractivity contribution in [1.82, 2.24) is 10.2 Å². The highest BCUT2D eigenvalue weighted by Gasteiger charge is 2.06. The first-order valence-corrected chi connectivity index (χ1v) is 6.06. The van der Waals surface area contributed by atoms with Gasteiger partial charge >= 0.3 is 5.97 Å². The van der Waals surface area contributed by atoms with E-state index in [4.69, 9.17) is 9.84 Å². The van der Waals surface area contributed by atoms with Gasteiger partial charge in [-0.2, -0.15) is 0 Å². The van der Waals surface area contributed by atoms with Gasteiger partial charge in [0.15, 0.2) is 11.5 Å². The highest BCUT2D eigenvalue weighted by atomic mass is 79.9. The molecule has 0 amide bonds. The molecule has 6 nitrogen and oxygen atoms in total. The molecule has 0 aliphatic heterocycles. The molecule has 2 N–H and O–H groups in total. The summed E-state index contributed by atoms with van der Waals surface area (Å²) in [6.07, 6.45) is 0. The molecule has 0 saturated heterocycles. The molecule has 7 heteroatoms. The van der Waals surface area contributed by atoms with Gasteiger partial charge in [-0.15, -0.1) is 10.2 Å². The summed E-state index contributed by atoms with van der Waals surface area (Å²) >= 11 is 3.36. The molecular weight excluding hydrogens is 314 g/mol. The lowest BCUT2D eigenvalue weighted by molar-refractivity contribution is 0.0689. The van der Waals surface area contributed by atoms with Crippen molar-refractivity contribution in [3.05, 3.63) is 40.5 Å². The van der Waals surface area contributed by atoms with Crippen LogP contribution in [0.4, 0.5) is 11.5 Å². The lowest BCUT2D eigenvalue weighted by Crippen LogP contribution is -2.03. The van der Waals surface area contributed by atoms with Crippen molar-refractivity contribution in [2.75, 3.05) is 12.4 Å². The van der Waals surface area contributed by atoms with Crippen LogP contribution >= 0.6 is 15.9 Å². The van der Waals surface area contributed by atoms with Crippen molar-refractivity contribution in [2.45, 2.75) is 0 Å². The van der Waals surface area contributed by atoms with E-state index >= 15 is 0 Å². The summed E-state index contributed by atoms with van der Waals surface area (Å²) in [5, 5.41) is 19.1. The number of anilines is 2. The average molecular weight is 324 g/mol. The van der Waals surface area contributed by atoms with Crippen molar-refractivity contribution < 1.29 is 14.6 Å². The van der Waals surface area contributed by atoms with Gasteiger partial charge in [-0.05, 0) is 24.3 Å². The zero-order valence-electron chi connectivity index (χ0n) is 9.92. The number of halogens is 1. The van der Waals surface area contributed by atoms with Crippen LogP contribution in [0, 0.1) is 0 Å². The van der Waals surface area contributed by atoms with E-state index in [2.05, 4.69) is 31.4 Å². The van der Waals surface area contributed by atoms with Crippen LogP contribution in [0.1, 0.15) is 10.5 Å². The third kappa shape index (κ3) is 3.41. The molecule has 2 aromatic rings. The molecule has 0 saturated carbocycles. The number of aromatic nitrogens is 2. The van der Waals surface area contributed by atoms with Crippen LogP contribution in [0.3, 0.4) is 0 Å². The van der Waals surface area contributed by atoms with E-state index in [9.17, 15) is 4.79 Å². The molecule has 0 radical (unpaired) electrons. The van der Waals surface area contributed by atoms with Crippen molar-refractivity contribution in [3.8, 4) is 5.75 Å². The number of nitrogens with zero attached hydrogens (tertiary/aromatic N) is 2. The number of rotatable bonds is 4. The second-order valence-electron chi connectivity index (χ2n) is 3.61. The summed E-state index contributed by atoms with van der Waals surface area (Å²) in [4.78, 5) is 10.7. The average Bonchev–Trinajstić information content (AvgIpc) is 2.38. The van der Waals surface area contributed by atoms with E-state index in [1.807, 2.05) is 12.1 Å². The van der Waals surface area contributed by atoms with E-state index in [0.29, 0.717) is 11.6 Å². The molecule has 0 aliphatic carbocycles. The lowest BCUT2D eigenvalue weighted by atomic mass is 10.3. The van der Waals surface area contributed by atoms with Crippen molar-refractivity contribution in [3.63, 3.8) is 0 Å². The Hall–Kier alpha value is -2.15. The van der Waals surface area contributed by atoms with Crippen molar-refractivity contribution >= 4 is 33.4 Å². The van der Waals surface area contributed by atoms with Gasteiger partial charge in [0.1, 0.15) is 5.75 Å². The minimum atomic E-state index is -1.11. The Bertz CT molecular complexity index is 602. The van der Waals surface area contributed by atoms with Crippen LogP contribution in [-0.2, 0) is 0 Å². The number of ether oxygens (including phenoxy) is 1. The number of hydrogen-bond donors (Lipinski definition) is 2. The van der Waals surface area contributed by atoms with E-state index in [-0.39, 0.29) is 5.69 Å². The maximum Gasteiger partial charge on any atom is 0.356 e. The van der Waals surface area contributed by atoms with Gasteiger partial charge in [0.05, 0.1) is 7.11 Å². The second-order valence-corrected chi connectivity index (χ2v) is 4.53. The molecular formula is C12H10BrN3O3. The fourth-order valence-electron chi connectivity index (χ4n) is 1.41. The predicted molar refractivity (Wildman–Crippen MR) is 73.0 cm³/mol. The Labute approximate surface area is 117 Å². The van der Waals surface area contributed by atoms with E-state index in [0.717, 1.165) is 10.2 Å². The number of hydrogen-bond acceptors (Lipinski definition) is 5. The van der Waals surface area contributed by atoms with Crippen LogP contribution < -0.4 is 10.1 Å². The number of carboxylic acid groups (broad SMARTS) is 1. The molecule has 98 valence electrons. The smallest absolute Gasteiger partial charge is 0.356 e. The Morgan fingerprint density at radius 1 is 1.32 bits per heavy atom.